The summed E-state index contributed by atoms with van der Waals surface area (Å²) in [7, 11) is 0. The van der Waals surface area contributed by atoms with Crippen LogP contribution in [0.2, 0.25) is 0 Å². The zero-order chi connectivity index (χ0) is 17.9. The molecule has 2 aromatic heterocycles. The summed E-state index contributed by atoms with van der Waals surface area (Å²) in [4.78, 5) is 25.7. The molecule has 3 heterocycles. The van der Waals surface area contributed by atoms with Gasteiger partial charge in [0.2, 0.25) is 0 Å². The summed E-state index contributed by atoms with van der Waals surface area (Å²) in [5.74, 6) is 0.947. The average molecular weight is 354 g/mol. The van der Waals surface area contributed by atoms with E-state index < -0.39 is 0 Å². The first-order chi connectivity index (χ1) is 12.7. The van der Waals surface area contributed by atoms with Crippen LogP contribution < -0.4 is 10.5 Å². The van der Waals surface area contributed by atoms with Gasteiger partial charge in [0.25, 0.3) is 5.56 Å². The van der Waals surface area contributed by atoms with Crippen molar-refractivity contribution >= 4 is 5.82 Å². The van der Waals surface area contributed by atoms with Crippen LogP contribution in [-0.4, -0.2) is 57.4 Å². The molecule has 0 atom stereocenters. The van der Waals surface area contributed by atoms with Crippen LogP contribution in [0.3, 0.4) is 0 Å². The molecule has 26 heavy (non-hydrogen) atoms. The maximum absolute atomic E-state index is 12.3. The number of anilines is 1. The molecule has 7 nitrogen and oxygen atoms in total. The van der Waals surface area contributed by atoms with Gasteiger partial charge >= 0.3 is 0 Å². The van der Waals surface area contributed by atoms with Crippen LogP contribution in [-0.2, 0) is 19.4 Å². The SMILES string of the molecule is Cc1cnc(N2CCN(CCn3nc4c(cc3=O)CCCC4)CC2)cn1. The number of fused-ring (bicyclic) bond motifs is 1. The highest BCUT2D eigenvalue weighted by molar-refractivity contribution is 5.36. The van der Waals surface area contributed by atoms with Crippen LogP contribution in [0.1, 0.15) is 29.8 Å². The zero-order valence-electron chi connectivity index (χ0n) is 15.4. The lowest BCUT2D eigenvalue weighted by Gasteiger charge is -2.35. The first kappa shape index (κ1) is 17.1. The van der Waals surface area contributed by atoms with Crippen LogP contribution in [0.25, 0.3) is 0 Å². The lowest BCUT2D eigenvalue weighted by Crippen LogP contribution is -2.48. The van der Waals surface area contributed by atoms with Crippen molar-refractivity contribution in [1.82, 2.24) is 24.6 Å². The normalized spacial score (nSPS) is 18.0. The number of hydrogen-bond donors (Lipinski definition) is 0. The second-order valence-electron chi connectivity index (χ2n) is 7.23. The Morgan fingerprint density at radius 3 is 2.58 bits per heavy atom. The van der Waals surface area contributed by atoms with Gasteiger partial charge in [0.1, 0.15) is 5.82 Å². The highest BCUT2D eigenvalue weighted by atomic mass is 16.1. The van der Waals surface area contributed by atoms with Gasteiger partial charge in [-0.05, 0) is 38.2 Å². The highest BCUT2D eigenvalue weighted by Crippen LogP contribution is 2.17. The number of nitrogens with zero attached hydrogens (tertiary/aromatic N) is 6. The summed E-state index contributed by atoms with van der Waals surface area (Å²) >= 11 is 0. The Morgan fingerprint density at radius 1 is 1.00 bits per heavy atom. The number of hydrogen-bond acceptors (Lipinski definition) is 6. The van der Waals surface area contributed by atoms with Crippen molar-refractivity contribution in [3.8, 4) is 0 Å². The molecule has 2 aliphatic rings. The van der Waals surface area contributed by atoms with E-state index in [0.29, 0.717) is 6.54 Å². The molecule has 0 N–H and O–H groups in total. The second kappa shape index (κ2) is 7.53. The smallest absolute Gasteiger partial charge is 0.267 e. The molecule has 1 aliphatic heterocycles. The largest absolute Gasteiger partial charge is 0.353 e. The van der Waals surface area contributed by atoms with Crippen LogP contribution in [0.15, 0.2) is 23.3 Å². The molecule has 1 aliphatic carbocycles. The maximum Gasteiger partial charge on any atom is 0.267 e. The molecule has 7 heteroatoms. The molecule has 1 fully saturated rings. The van der Waals surface area contributed by atoms with E-state index in [9.17, 15) is 4.79 Å². The van der Waals surface area contributed by atoms with Crippen molar-refractivity contribution in [3.05, 3.63) is 45.8 Å². The van der Waals surface area contributed by atoms with Gasteiger partial charge in [0, 0.05) is 38.8 Å². The third-order valence-corrected chi connectivity index (χ3v) is 5.37. The van der Waals surface area contributed by atoms with E-state index in [2.05, 4.69) is 24.9 Å². The molecule has 1 saturated heterocycles. The van der Waals surface area contributed by atoms with Gasteiger partial charge in [-0.15, -0.1) is 0 Å². The molecule has 138 valence electrons. The molecule has 0 aromatic carbocycles. The molecule has 2 aromatic rings. The van der Waals surface area contributed by atoms with Crippen molar-refractivity contribution in [3.63, 3.8) is 0 Å². The molecular formula is C19H26N6O. The molecular weight excluding hydrogens is 328 g/mol. The number of piperazine rings is 1. The Bertz CT molecular complexity index is 808. The number of rotatable bonds is 4. The van der Waals surface area contributed by atoms with E-state index in [1.165, 1.54) is 12.8 Å². The Labute approximate surface area is 153 Å². The van der Waals surface area contributed by atoms with E-state index >= 15 is 0 Å². The third kappa shape index (κ3) is 3.77. The summed E-state index contributed by atoms with van der Waals surface area (Å²) in [6.45, 7) is 7.28. The fraction of sp³-hybridized carbons (Fsp3) is 0.579. The Balaban J connectivity index is 1.32. The number of aryl methyl sites for hydroxylation is 3. The Hall–Kier alpha value is -2.28. The summed E-state index contributed by atoms with van der Waals surface area (Å²) < 4.78 is 1.65. The Morgan fingerprint density at radius 2 is 1.81 bits per heavy atom. The predicted octanol–water partition coefficient (Wildman–Crippen LogP) is 1.04. The fourth-order valence-electron chi connectivity index (χ4n) is 3.75. The first-order valence-corrected chi connectivity index (χ1v) is 9.55. The summed E-state index contributed by atoms with van der Waals surface area (Å²) in [5.41, 5.74) is 3.26. The first-order valence-electron chi connectivity index (χ1n) is 9.55. The molecule has 0 unspecified atom stereocenters. The zero-order valence-corrected chi connectivity index (χ0v) is 15.4. The fourth-order valence-corrected chi connectivity index (χ4v) is 3.75. The Kier molecular flexibility index (Phi) is 4.97. The molecule has 0 radical (unpaired) electrons. The van der Waals surface area contributed by atoms with Crippen LogP contribution >= 0.6 is 0 Å². The van der Waals surface area contributed by atoms with Gasteiger partial charge in [0.05, 0.1) is 30.3 Å². The average Bonchev–Trinajstić information content (AvgIpc) is 2.67. The van der Waals surface area contributed by atoms with Gasteiger partial charge in [-0.3, -0.25) is 14.7 Å². The van der Waals surface area contributed by atoms with E-state index in [-0.39, 0.29) is 5.56 Å². The minimum absolute atomic E-state index is 0.0409. The van der Waals surface area contributed by atoms with Crippen molar-refractivity contribution in [2.24, 2.45) is 0 Å². The number of aromatic nitrogens is 4. The molecule has 0 saturated carbocycles. The predicted molar refractivity (Wildman–Crippen MR) is 101 cm³/mol. The van der Waals surface area contributed by atoms with Crippen molar-refractivity contribution in [2.75, 3.05) is 37.6 Å². The lowest BCUT2D eigenvalue weighted by atomic mass is 9.97. The summed E-state index contributed by atoms with van der Waals surface area (Å²) in [6.07, 6.45) is 8.03. The van der Waals surface area contributed by atoms with Gasteiger partial charge in [0.15, 0.2) is 0 Å². The van der Waals surface area contributed by atoms with Gasteiger partial charge in [-0.2, -0.15) is 5.10 Å². The molecule has 0 spiro atoms. The highest BCUT2D eigenvalue weighted by Gasteiger charge is 2.19. The van der Waals surface area contributed by atoms with Gasteiger partial charge in [-0.25, -0.2) is 9.67 Å². The molecule has 4 rings (SSSR count). The molecule has 0 bridgehead atoms. The standard InChI is InChI=1S/C19H26N6O/c1-15-13-21-18(14-20-15)24-9-6-23(7-10-24)8-11-25-19(26)12-16-4-2-3-5-17(16)22-25/h12-14H,2-11H2,1H3. The van der Waals surface area contributed by atoms with Crippen LogP contribution in [0.5, 0.6) is 0 Å². The van der Waals surface area contributed by atoms with Crippen LogP contribution in [0, 0.1) is 6.92 Å². The minimum Gasteiger partial charge on any atom is -0.353 e. The van der Waals surface area contributed by atoms with Crippen molar-refractivity contribution < 1.29 is 0 Å². The van der Waals surface area contributed by atoms with Crippen molar-refractivity contribution in [1.29, 1.82) is 0 Å². The molecule has 0 amide bonds. The third-order valence-electron chi connectivity index (χ3n) is 5.37. The maximum atomic E-state index is 12.3. The summed E-state index contributed by atoms with van der Waals surface area (Å²) in [5, 5.41) is 4.62. The van der Waals surface area contributed by atoms with E-state index in [1.807, 2.05) is 19.3 Å². The van der Waals surface area contributed by atoms with Crippen molar-refractivity contribution in [2.45, 2.75) is 39.2 Å². The second-order valence-corrected chi connectivity index (χ2v) is 7.23. The monoisotopic (exact) mass is 354 g/mol. The van der Waals surface area contributed by atoms with Gasteiger partial charge in [-0.1, -0.05) is 0 Å². The topological polar surface area (TPSA) is 67.2 Å². The summed E-state index contributed by atoms with van der Waals surface area (Å²) in [6, 6.07) is 1.80. The van der Waals surface area contributed by atoms with Crippen LogP contribution in [0.4, 0.5) is 5.82 Å². The van der Waals surface area contributed by atoms with E-state index in [4.69, 9.17) is 0 Å². The van der Waals surface area contributed by atoms with E-state index in [1.54, 1.807) is 10.7 Å². The lowest BCUT2D eigenvalue weighted by molar-refractivity contribution is 0.241. The quantitative estimate of drug-likeness (QED) is 0.817. The van der Waals surface area contributed by atoms with E-state index in [0.717, 1.165) is 68.3 Å². The van der Waals surface area contributed by atoms with Gasteiger partial charge < -0.3 is 4.90 Å². The minimum atomic E-state index is 0.0409.